The fourth-order valence-corrected chi connectivity index (χ4v) is 6.25. The molecule has 2 heterocycles. The predicted octanol–water partition coefficient (Wildman–Crippen LogP) is 4.76. The third-order valence-corrected chi connectivity index (χ3v) is 8.48. The maximum absolute atomic E-state index is 12.1. The van der Waals surface area contributed by atoms with E-state index in [1.54, 1.807) is 4.31 Å². The first-order valence-electron chi connectivity index (χ1n) is 11.7. The molecule has 1 aliphatic heterocycles. The van der Waals surface area contributed by atoms with Crippen LogP contribution in [-0.2, 0) is 20.2 Å². The lowest BCUT2D eigenvalue weighted by atomic mass is 9.66. The lowest BCUT2D eigenvalue weighted by Crippen LogP contribution is -2.37. The Morgan fingerprint density at radius 3 is 2.26 bits per heavy atom. The van der Waals surface area contributed by atoms with Crippen LogP contribution < -0.4 is 0 Å². The Kier molecular flexibility index (Phi) is 7.01. The molecule has 1 atom stereocenters. The van der Waals surface area contributed by atoms with E-state index < -0.39 is 15.4 Å². The minimum Gasteiger partial charge on any atom is -0.303 e. The molecule has 1 saturated heterocycles. The zero-order valence-electron chi connectivity index (χ0n) is 20.1. The van der Waals surface area contributed by atoms with Crippen LogP contribution in [0.25, 0.3) is 0 Å². The van der Waals surface area contributed by atoms with Crippen molar-refractivity contribution in [1.29, 1.82) is 0 Å². The van der Waals surface area contributed by atoms with E-state index in [-0.39, 0.29) is 0 Å². The molecule has 178 valence electrons. The van der Waals surface area contributed by atoms with Gasteiger partial charge in [-0.25, -0.2) is 12.7 Å². The molecular formula is C28H32N2O3S. The molecule has 0 N–H and O–H groups in total. The van der Waals surface area contributed by atoms with Crippen molar-refractivity contribution in [2.45, 2.75) is 44.4 Å². The van der Waals surface area contributed by atoms with Crippen molar-refractivity contribution in [3.05, 3.63) is 100 Å². The van der Waals surface area contributed by atoms with Crippen molar-refractivity contribution in [2.24, 2.45) is 0 Å². The highest BCUT2D eigenvalue weighted by molar-refractivity contribution is 7.88. The number of aryl methyl sites for hydroxylation is 2. The molecular weight excluding hydrogens is 444 g/mol. The third-order valence-electron chi connectivity index (χ3n) is 7.18. The number of aromatic nitrogens is 1. The molecule has 5 nitrogen and oxygen atoms in total. The largest absolute Gasteiger partial charge is 0.303 e. The van der Waals surface area contributed by atoms with Gasteiger partial charge in [0.1, 0.15) is 6.29 Å². The second kappa shape index (κ2) is 9.80. The van der Waals surface area contributed by atoms with Gasteiger partial charge in [0.25, 0.3) is 0 Å². The van der Waals surface area contributed by atoms with E-state index in [2.05, 4.69) is 54.4 Å². The predicted molar refractivity (Wildman–Crippen MR) is 136 cm³/mol. The van der Waals surface area contributed by atoms with Crippen LogP contribution in [0.2, 0.25) is 0 Å². The van der Waals surface area contributed by atoms with Gasteiger partial charge >= 0.3 is 0 Å². The topological polar surface area (TPSA) is 67.3 Å². The highest BCUT2D eigenvalue weighted by Crippen LogP contribution is 2.43. The number of aldehydes is 1. The standard InChI is InChI=1S/C28H32N2O3S/c1-21-6-4-5-7-27(21)28(15-19-31,26-12-16-29-22(2)20-26)25-10-8-23(9-11-25)24-13-17-30(18-14-24)34(3,32)33/h4-12,16,19-20,24H,13-15,17-18H2,1-3H3/t28-/m1/s1. The van der Waals surface area contributed by atoms with Crippen molar-refractivity contribution in [3.8, 4) is 0 Å². The zero-order valence-corrected chi connectivity index (χ0v) is 20.9. The quantitative estimate of drug-likeness (QED) is 0.461. The Balaban J connectivity index is 1.76. The van der Waals surface area contributed by atoms with Crippen LogP contribution in [0.1, 0.15) is 58.7 Å². The molecule has 34 heavy (non-hydrogen) atoms. The molecule has 0 bridgehead atoms. The molecule has 6 heteroatoms. The van der Waals surface area contributed by atoms with Crippen molar-refractivity contribution < 1.29 is 13.2 Å². The Labute approximate surface area is 202 Å². The fraction of sp³-hybridized carbons (Fsp3) is 0.357. The number of pyridine rings is 1. The molecule has 0 unspecified atom stereocenters. The number of sulfonamides is 1. The van der Waals surface area contributed by atoms with Crippen LogP contribution in [0.5, 0.6) is 0 Å². The molecule has 0 spiro atoms. The molecule has 0 saturated carbocycles. The van der Waals surface area contributed by atoms with Gasteiger partial charge in [0.05, 0.1) is 11.7 Å². The normalized spacial score (nSPS) is 17.3. The van der Waals surface area contributed by atoms with Crippen LogP contribution >= 0.6 is 0 Å². The van der Waals surface area contributed by atoms with Gasteiger partial charge in [-0.1, -0.05) is 48.5 Å². The fourth-order valence-electron chi connectivity index (χ4n) is 5.37. The first-order valence-corrected chi connectivity index (χ1v) is 13.6. The highest BCUT2D eigenvalue weighted by Gasteiger charge is 2.37. The summed E-state index contributed by atoms with van der Waals surface area (Å²) in [5.41, 5.74) is 5.88. The summed E-state index contributed by atoms with van der Waals surface area (Å²) in [6, 6.07) is 20.9. The van der Waals surface area contributed by atoms with Gasteiger partial charge in [-0.15, -0.1) is 0 Å². The summed E-state index contributed by atoms with van der Waals surface area (Å²) in [5, 5.41) is 0. The number of hydrogen-bond donors (Lipinski definition) is 0. The van der Waals surface area contributed by atoms with Crippen LogP contribution in [0.3, 0.4) is 0 Å². The number of benzene rings is 2. The van der Waals surface area contributed by atoms with Crippen molar-refractivity contribution in [1.82, 2.24) is 9.29 Å². The first kappa shape index (κ1) is 24.3. The molecule has 1 fully saturated rings. The molecule has 3 aromatic rings. The summed E-state index contributed by atoms with van der Waals surface area (Å²) in [5.74, 6) is 0.328. The molecule has 2 aromatic carbocycles. The van der Waals surface area contributed by atoms with Crippen LogP contribution in [0, 0.1) is 13.8 Å². The number of piperidine rings is 1. The second-order valence-electron chi connectivity index (χ2n) is 9.34. The number of carbonyl (C=O) groups excluding carboxylic acids is 1. The van der Waals surface area contributed by atoms with Gasteiger partial charge in [0, 0.05) is 31.4 Å². The number of hydrogen-bond acceptors (Lipinski definition) is 4. The summed E-state index contributed by atoms with van der Waals surface area (Å²) in [4.78, 5) is 16.5. The van der Waals surface area contributed by atoms with E-state index in [0.29, 0.717) is 25.4 Å². The molecule has 1 aromatic heterocycles. The summed E-state index contributed by atoms with van der Waals surface area (Å²) >= 11 is 0. The summed E-state index contributed by atoms with van der Waals surface area (Å²) < 4.78 is 25.3. The van der Waals surface area contributed by atoms with E-state index in [1.165, 1.54) is 11.8 Å². The van der Waals surface area contributed by atoms with Gasteiger partial charge < -0.3 is 4.79 Å². The Morgan fingerprint density at radius 2 is 1.68 bits per heavy atom. The molecule has 4 rings (SSSR count). The summed E-state index contributed by atoms with van der Waals surface area (Å²) in [7, 11) is -3.14. The van der Waals surface area contributed by atoms with E-state index in [1.807, 2.05) is 31.3 Å². The number of nitrogens with zero attached hydrogens (tertiary/aromatic N) is 2. The Hall–Kier alpha value is -2.83. The van der Waals surface area contributed by atoms with Gasteiger partial charge in [-0.05, 0) is 72.6 Å². The third kappa shape index (κ3) is 4.70. The van der Waals surface area contributed by atoms with Crippen molar-refractivity contribution in [2.75, 3.05) is 19.3 Å². The Bertz CT molecular complexity index is 1260. The Morgan fingerprint density at radius 1 is 1.00 bits per heavy atom. The van der Waals surface area contributed by atoms with Crippen LogP contribution in [-0.4, -0.2) is 43.3 Å². The first-order chi connectivity index (χ1) is 16.3. The van der Waals surface area contributed by atoms with Crippen molar-refractivity contribution >= 4 is 16.3 Å². The van der Waals surface area contributed by atoms with Gasteiger partial charge in [-0.2, -0.15) is 0 Å². The maximum Gasteiger partial charge on any atom is 0.211 e. The molecule has 1 aliphatic rings. The average Bonchev–Trinajstić information content (AvgIpc) is 2.83. The van der Waals surface area contributed by atoms with Crippen molar-refractivity contribution in [3.63, 3.8) is 0 Å². The SMILES string of the molecule is Cc1cc([C@@](CC=O)(c2ccc(C3CCN(S(C)(=O)=O)CC3)cc2)c2ccccc2C)ccn1. The highest BCUT2D eigenvalue weighted by atomic mass is 32.2. The smallest absolute Gasteiger partial charge is 0.211 e. The van der Waals surface area contributed by atoms with Crippen LogP contribution in [0.15, 0.2) is 66.9 Å². The molecule has 0 amide bonds. The van der Waals surface area contributed by atoms with E-state index >= 15 is 0 Å². The minimum absolute atomic E-state index is 0.327. The second-order valence-corrected chi connectivity index (χ2v) is 11.3. The lowest BCUT2D eigenvalue weighted by molar-refractivity contribution is -0.108. The zero-order chi connectivity index (χ0) is 24.3. The van der Waals surface area contributed by atoms with E-state index in [9.17, 15) is 13.2 Å². The summed E-state index contributed by atoms with van der Waals surface area (Å²) in [6.45, 7) is 5.17. The summed E-state index contributed by atoms with van der Waals surface area (Å²) in [6.07, 6.45) is 6.05. The lowest BCUT2D eigenvalue weighted by Gasteiger charge is -2.36. The van der Waals surface area contributed by atoms with Gasteiger partial charge in [0.15, 0.2) is 0 Å². The monoisotopic (exact) mass is 476 g/mol. The van der Waals surface area contributed by atoms with E-state index in [0.717, 1.165) is 47.1 Å². The van der Waals surface area contributed by atoms with Gasteiger partial charge in [0.2, 0.25) is 10.0 Å². The molecule has 0 aliphatic carbocycles. The average molecular weight is 477 g/mol. The number of carbonyl (C=O) groups is 1. The molecule has 0 radical (unpaired) electrons. The minimum atomic E-state index is -3.14. The number of rotatable bonds is 7. The maximum atomic E-state index is 12.1. The van der Waals surface area contributed by atoms with E-state index in [4.69, 9.17) is 0 Å². The van der Waals surface area contributed by atoms with Crippen LogP contribution in [0.4, 0.5) is 0 Å². The van der Waals surface area contributed by atoms with Gasteiger partial charge in [-0.3, -0.25) is 4.98 Å².